The predicted octanol–water partition coefficient (Wildman–Crippen LogP) is 2.43. The lowest BCUT2D eigenvalue weighted by Gasteiger charge is -2.34. The molecule has 0 radical (unpaired) electrons. The van der Waals surface area contributed by atoms with Gasteiger partial charge in [-0.1, -0.05) is 11.3 Å². The van der Waals surface area contributed by atoms with Crippen LogP contribution in [-0.4, -0.2) is 38.0 Å². The third-order valence-corrected chi connectivity index (χ3v) is 4.80. The van der Waals surface area contributed by atoms with Crippen LogP contribution in [0.2, 0.25) is 0 Å². The summed E-state index contributed by atoms with van der Waals surface area (Å²) in [5.74, 6) is 0. The van der Waals surface area contributed by atoms with Crippen LogP contribution in [0.5, 0.6) is 0 Å². The van der Waals surface area contributed by atoms with Crippen LogP contribution in [0.25, 0.3) is 0 Å². The van der Waals surface area contributed by atoms with E-state index >= 15 is 0 Å². The van der Waals surface area contributed by atoms with Gasteiger partial charge in [0.25, 0.3) is 0 Å². The molecule has 1 aliphatic rings. The standard InChI is InChI=1S/C19H23N5O2/c1-14-4-3-5-16(20-14)12-26-13-18-19-17(23(2)22-21-19)6-8-24(18)10-15-7-9-25-11-15/h3-5,7,9,11,18H,6,8,10,12-13H2,1-2H3/t18-/m0/s1. The topological polar surface area (TPSA) is 69.2 Å². The highest BCUT2D eigenvalue weighted by Crippen LogP contribution is 2.29. The molecule has 0 saturated heterocycles. The van der Waals surface area contributed by atoms with Crippen LogP contribution in [-0.2, 0) is 31.4 Å². The fourth-order valence-corrected chi connectivity index (χ4v) is 3.47. The number of rotatable bonds is 6. The summed E-state index contributed by atoms with van der Waals surface area (Å²) in [6.07, 6.45) is 4.44. The van der Waals surface area contributed by atoms with Gasteiger partial charge in [-0.2, -0.15) is 0 Å². The van der Waals surface area contributed by atoms with Gasteiger partial charge >= 0.3 is 0 Å². The second-order valence-corrected chi connectivity index (χ2v) is 6.70. The average Bonchev–Trinajstić information content (AvgIpc) is 3.27. The molecule has 0 aliphatic carbocycles. The van der Waals surface area contributed by atoms with Crippen LogP contribution in [0, 0.1) is 6.92 Å². The lowest BCUT2D eigenvalue weighted by Crippen LogP contribution is -2.38. The second kappa shape index (κ2) is 7.39. The van der Waals surface area contributed by atoms with Gasteiger partial charge in [-0.15, -0.1) is 5.10 Å². The summed E-state index contributed by atoms with van der Waals surface area (Å²) in [4.78, 5) is 6.88. The maximum Gasteiger partial charge on any atom is 0.105 e. The van der Waals surface area contributed by atoms with Gasteiger partial charge < -0.3 is 9.15 Å². The molecule has 0 unspecified atom stereocenters. The maximum absolute atomic E-state index is 6.03. The number of hydrogen-bond donors (Lipinski definition) is 0. The van der Waals surface area contributed by atoms with Crippen molar-refractivity contribution >= 4 is 0 Å². The largest absolute Gasteiger partial charge is 0.472 e. The molecule has 3 aromatic rings. The first-order chi connectivity index (χ1) is 12.7. The maximum atomic E-state index is 6.03. The van der Waals surface area contributed by atoms with Crippen molar-refractivity contribution in [3.63, 3.8) is 0 Å². The van der Waals surface area contributed by atoms with Crippen LogP contribution in [0.1, 0.15) is 34.4 Å². The van der Waals surface area contributed by atoms with Gasteiger partial charge in [-0.3, -0.25) is 14.6 Å². The summed E-state index contributed by atoms with van der Waals surface area (Å²) in [6, 6.07) is 8.06. The highest BCUT2D eigenvalue weighted by Gasteiger charge is 2.31. The Hall–Kier alpha value is -2.51. The normalized spacial score (nSPS) is 17.4. The Labute approximate surface area is 152 Å². The molecule has 0 amide bonds. The van der Waals surface area contributed by atoms with Crippen molar-refractivity contribution in [1.82, 2.24) is 24.9 Å². The zero-order valence-electron chi connectivity index (χ0n) is 15.1. The van der Waals surface area contributed by atoms with Gasteiger partial charge in [0.15, 0.2) is 0 Å². The number of nitrogens with zero attached hydrogens (tertiary/aromatic N) is 5. The molecule has 0 bridgehead atoms. The van der Waals surface area contributed by atoms with Gasteiger partial charge in [0.2, 0.25) is 0 Å². The molecule has 1 aliphatic heterocycles. The van der Waals surface area contributed by atoms with Crippen LogP contribution in [0.4, 0.5) is 0 Å². The Kier molecular flexibility index (Phi) is 4.81. The molecule has 3 aromatic heterocycles. The van der Waals surface area contributed by atoms with Gasteiger partial charge in [-0.25, -0.2) is 0 Å². The number of aryl methyl sites for hydroxylation is 2. The van der Waals surface area contributed by atoms with E-state index in [9.17, 15) is 0 Å². The number of aromatic nitrogens is 4. The zero-order chi connectivity index (χ0) is 17.9. The number of furan rings is 1. The van der Waals surface area contributed by atoms with E-state index in [4.69, 9.17) is 9.15 Å². The lowest BCUT2D eigenvalue weighted by atomic mass is 10.0. The number of ether oxygens (including phenoxy) is 1. The van der Waals surface area contributed by atoms with Crippen molar-refractivity contribution in [3.05, 3.63) is 65.1 Å². The van der Waals surface area contributed by atoms with E-state index in [2.05, 4.69) is 20.2 Å². The highest BCUT2D eigenvalue weighted by atomic mass is 16.5. The quantitative estimate of drug-likeness (QED) is 0.678. The second-order valence-electron chi connectivity index (χ2n) is 6.70. The van der Waals surface area contributed by atoms with E-state index in [0.717, 1.165) is 42.2 Å². The average molecular weight is 353 g/mol. The molecule has 1 atom stereocenters. The van der Waals surface area contributed by atoms with E-state index in [-0.39, 0.29) is 6.04 Å². The first kappa shape index (κ1) is 16.9. The highest BCUT2D eigenvalue weighted by molar-refractivity contribution is 5.20. The van der Waals surface area contributed by atoms with Gasteiger partial charge in [0.05, 0.1) is 43.2 Å². The van der Waals surface area contributed by atoms with E-state index in [0.29, 0.717) is 13.2 Å². The summed E-state index contributed by atoms with van der Waals surface area (Å²) >= 11 is 0. The Morgan fingerprint density at radius 2 is 2.23 bits per heavy atom. The third kappa shape index (κ3) is 3.54. The van der Waals surface area contributed by atoms with E-state index in [1.54, 1.807) is 12.5 Å². The number of hydrogen-bond acceptors (Lipinski definition) is 6. The summed E-state index contributed by atoms with van der Waals surface area (Å²) < 4.78 is 13.1. The molecule has 0 aromatic carbocycles. The van der Waals surface area contributed by atoms with Crippen molar-refractivity contribution in [2.24, 2.45) is 7.05 Å². The van der Waals surface area contributed by atoms with E-state index < -0.39 is 0 Å². The third-order valence-electron chi connectivity index (χ3n) is 4.80. The minimum atomic E-state index is 0.0761. The van der Waals surface area contributed by atoms with Crippen LogP contribution < -0.4 is 0 Å². The zero-order valence-corrected chi connectivity index (χ0v) is 15.1. The molecule has 7 nitrogen and oxygen atoms in total. The molecule has 4 rings (SSSR count). The minimum absolute atomic E-state index is 0.0761. The molecule has 7 heteroatoms. The summed E-state index contributed by atoms with van der Waals surface area (Å²) in [5, 5.41) is 8.62. The summed E-state index contributed by atoms with van der Waals surface area (Å²) in [7, 11) is 1.95. The van der Waals surface area contributed by atoms with Crippen molar-refractivity contribution in [2.45, 2.75) is 32.5 Å². The van der Waals surface area contributed by atoms with Crippen molar-refractivity contribution in [3.8, 4) is 0 Å². The lowest BCUT2D eigenvalue weighted by molar-refractivity contribution is 0.0375. The van der Waals surface area contributed by atoms with Crippen LogP contribution >= 0.6 is 0 Å². The monoisotopic (exact) mass is 353 g/mol. The molecule has 26 heavy (non-hydrogen) atoms. The van der Waals surface area contributed by atoms with Crippen LogP contribution in [0.15, 0.2) is 41.2 Å². The molecule has 136 valence electrons. The molecule has 0 N–H and O–H groups in total. The first-order valence-corrected chi connectivity index (χ1v) is 8.84. The molecule has 0 spiro atoms. The van der Waals surface area contributed by atoms with Crippen molar-refractivity contribution in [2.75, 3.05) is 13.2 Å². The summed E-state index contributed by atoms with van der Waals surface area (Å²) in [5.41, 5.74) is 5.31. The molecular formula is C19H23N5O2. The van der Waals surface area contributed by atoms with E-state index in [1.807, 2.05) is 42.9 Å². The summed E-state index contributed by atoms with van der Waals surface area (Å²) in [6.45, 7) is 4.79. The number of pyridine rings is 1. The predicted molar refractivity (Wildman–Crippen MR) is 95.2 cm³/mol. The van der Waals surface area contributed by atoms with Gasteiger partial charge in [0, 0.05) is 37.8 Å². The Morgan fingerprint density at radius 3 is 3.04 bits per heavy atom. The first-order valence-electron chi connectivity index (χ1n) is 8.84. The minimum Gasteiger partial charge on any atom is -0.472 e. The molecule has 0 fully saturated rings. The van der Waals surface area contributed by atoms with Crippen molar-refractivity contribution in [1.29, 1.82) is 0 Å². The SMILES string of the molecule is Cc1cccc(COC[C@H]2c3nnn(C)c3CCN2Cc2ccoc2)n1. The smallest absolute Gasteiger partial charge is 0.105 e. The molecule has 0 saturated carbocycles. The molecular weight excluding hydrogens is 330 g/mol. The Balaban J connectivity index is 1.48. The molecule has 4 heterocycles. The fraction of sp³-hybridized carbons (Fsp3) is 0.421. The fourth-order valence-electron chi connectivity index (χ4n) is 3.47. The van der Waals surface area contributed by atoms with Gasteiger partial charge in [-0.05, 0) is 25.1 Å². The Morgan fingerprint density at radius 1 is 1.31 bits per heavy atom. The van der Waals surface area contributed by atoms with Crippen LogP contribution in [0.3, 0.4) is 0 Å². The van der Waals surface area contributed by atoms with Crippen molar-refractivity contribution < 1.29 is 9.15 Å². The Bertz CT molecular complexity index is 859. The number of fused-ring (bicyclic) bond motifs is 1. The van der Waals surface area contributed by atoms with Gasteiger partial charge in [0.1, 0.15) is 5.69 Å². The van der Waals surface area contributed by atoms with E-state index in [1.165, 1.54) is 5.69 Å².